The maximum Gasteiger partial charge on any atom is 0.287 e. The quantitative estimate of drug-likeness (QED) is 0.217. The second-order valence-electron chi connectivity index (χ2n) is 7.64. The van der Waals surface area contributed by atoms with Gasteiger partial charge in [-0.3, -0.25) is 9.79 Å². The molecular formula is C22H33IN6O2. The van der Waals surface area contributed by atoms with E-state index < -0.39 is 0 Å². The molecule has 1 aliphatic heterocycles. The van der Waals surface area contributed by atoms with E-state index in [4.69, 9.17) is 4.42 Å². The molecule has 3 N–H and O–H groups in total. The number of carbonyl (C=O) groups excluding carboxylic acids is 1. The first-order valence-corrected chi connectivity index (χ1v) is 10.5. The van der Waals surface area contributed by atoms with E-state index in [2.05, 4.69) is 49.9 Å². The number of anilines is 1. The number of carbonyl (C=O) groups is 1. The molecule has 3 rings (SSSR count). The normalized spacial score (nSPS) is 14.7. The summed E-state index contributed by atoms with van der Waals surface area (Å²) in [5, 5.41) is 9.71. The summed E-state index contributed by atoms with van der Waals surface area (Å²) in [6.45, 7) is 7.16. The van der Waals surface area contributed by atoms with Crippen LogP contribution < -0.4 is 20.9 Å². The molecule has 9 heteroatoms. The maximum atomic E-state index is 12.0. The second kappa shape index (κ2) is 12.5. The lowest BCUT2D eigenvalue weighted by Crippen LogP contribution is -2.49. The molecule has 3 heterocycles. The number of halogens is 1. The highest BCUT2D eigenvalue weighted by molar-refractivity contribution is 14.0. The van der Waals surface area contributed by atoms with Gasteiger partial charge in [-0.05, 0) is 50.8 Å². The molecule has 2 aromatic rings. The van der Waals surface area contributed by atoms with Gasteiger partial charge in [0.15, 0.2) is 11.7 Å². The van der Waals surface area contributed by atoms with Crippen LogP contribution in [-0.4, -0.2) is 56.1 Å². The first kappa shape index (κ1) is 25.0. The van der Waals surface area contributed by atoms with Crippen LogP contribution in [0.5, 0.6) is 0 Å². The molecule has 0 spiro atoms. The highest BCUT2D eigenvalue weighted by Crippen LogP contribution is 2.18. The Labute approximate surface area is 201 Å². The fourth-order valence-electron chi connectivity index (χ4n) is 3.47. The number of rotatable bonds is 7. The topological polar surface area (TPSA) is 94.8 Å². The summed E-state index contributed by atoms with van der Waals surface area (Å²) in [5.41, 5.74) is 2.03. The lowest BCUT2D eigenvalue weighted by atomic mass is 10.1. The van der Waals surface area contributed by atoms with Gasteiger partial charge in [0.25, 0.3) is 5.91 Å². The molecule has 170 valence electrons. The van der Waals surface area contributed by atoms with Crippen molar-refractivity contribution < 1.29 is 9.21 Å². The summed E-state index contributed by atoms with van der Waals surface area (Å²) in [5.74, 6) is 2.06. The maximum absolute atomic E-state index is 12.0. The number of guanidine groups is 1. The van der Waals surface area contributed by atoms with Crippen molar-refractivity contribution in [3.63, 3.8) is 0 Å². The molecule has 31 heavy (non-hydrogen) atoms. The van der Waals surface area contributed by atoms with Crippen LogP contribution in [0, 0.1) is 13.8 Å². The molecule has 2 aromatic heterocycles. The van der Waals surface area contributed by atoms with E-state index in [1.165, 1.54) is 11.8 Å². The molecule has 1 saturated heterocycles. The fourth-order valence-corrected chi connectivity index (χ4v) is 3.47. The largest absolute Gasteiger partial charge is 0.459 e. The predicted octanol–water partition coefficient (Wildman–Crippen LogP) is 2.86. The van der Waals surface area contributed by atoms with E-state index in [1.807, 2.05) is 13.1 Å². The van der Waals surface area contributed by atoms with Crippen molar-refractivity contribution in [3.05, 3.63) is 47.5 Å². The van der Waals surface area contributed by atoms with Crippen LogP contribution in [-0.2, 0) is 0 Å². The average molecular weight is 540 g/mol. The van der Waals surface area contributed by atoms with Crippen molar-refractivity contribution in [2.45, 2.75) is 39.2 Å². The van der Waals surface area contributed by atoms with Gasteiger partial charge >= 0.3 is 0 Å². The number of piperidine rings is 1. The number of nitrogens with zero attached hydrogens (tertiary/aromatic N) is 3. The average Bonchev–Trinajstić information content (AvgIpc) is 3.19. The molecule has 0 saturated carbocycles. The third-order valence-corrected chi connectivity index (χ3v) is 5.28. The van der Waals surface area contributed by atoms with Gasteiger partial charge in [-0.2, -0.15) is 0 Å². The number of pyridine rings is 1. The molecule has 0 radical (unpaired) electrons. The molecule has 1 amide bonds. The lowest BCUT2D eigenvalue weighted by Gasteiger charge is -2.33. The third kappa shape index (κ3) is 7.41. The van der Waals surface area contributed by atoms with Crippen LogP contribution in [0.1, 0.15) is 40.9 Å². The first-order valence-electron chi connectivity index (χ1n) is 10.5. The van der Waals surface area contributed by atoms with Gasteiger partial charge in [0.05, 0.1) is 6.26 Å². The molecule has 0 atom stereocenters. The van der Waals surface area contributed by atoms with Crippen LogP contribution in [0.2, 0.25) is 0 Å². The minimum atomic E-state index is -0.171. The van der Waals surface area contributed by atoms with Gasteiger partial charge in [-0.1, -0.05) is 6.07 Å². The lowest BCUT2D eigenvalue weighted by molar-refractivity contribution is 0.0925. The Morgan fingerprint density at radius 3 is 2.55 bits per heavy atom. The van der Waals surface area contributed by atoms with E-state index >= 15 is 0 Å². The van der Waals surface area contributed by atoms with Gasteiger partial charge in [-0.25, -0.2) is 4.98 Å². The Hall–Kier alpha value is -2.30. The molecule has 1 fully saturated rings. The van der Waals surface area contributed by atoms with Crippen molar-refractivity contribution >= 4 is 41.7 Å². The number of aryl methyl sites for hydroxylation is 2. The Bertz CT molecular complexity index is 844. The van der Waals surface area contributed by atoms with E-state index in [0.717, 1.165) is 56.2 Å². The Balaban J connectivity index is 0.00000341. The molecular weight excluding hydrogens is 507 g/mol. The minimum Gasteiger partial charge on any atom is -0.459 e. The van der Waals surface area contributed by atoms with Gasteiger partial charge in [-0.15, -0.1) is 24.0 Å². The van der Waals surface area contributed by atoms with E-state index in [0.29, 0.717) is 18.3 Å². The Kier molecular flexibility index (Phi) is 10.1. The van der Waals surface area contributed by atoms with Gasteiger partial charge in [0.2, 0.25) is 0 Å². The Morgan fingerprint density at radius 2 is 1.94 bits per heavy atom. The zero-order valence-electron chi connectivity index (χ0n) is 18.5. The number of hydrogen-bond donors (Lipinski definition) is 3. The molecule has 0 bridgehead atoms. The highest BCUT2D eigenvalue weighted by atomic mass is 127. The number of nitrogens with one attached hydrogen (secondary N) is 3. The molecule has 8 nitrogen and oxygen atoms in total. The van der Waals surface area contributed by atoms with E-state index in [-0.39, 0.29) is 29.9 Å². The Morgan fingerprint density at radius 1 is 1.19 bits per heavy atom. The fraction of sp³-hybridized carbons (Fsp3) is 0.500. The van der Waals surface area contributed by atoms with Crippen molar-refractivity contribution in [2.75, 3.05) is 38.1 Å². The summed E-state index contributed by atoms with van der Waals surface area (Å²) in [6, 6.07) is 6.37. The molecule has 0 aromatic carbocycles. The van der Waals surface area contributed by atoms with Crippen molar-refractivity contribution in [3.8, 4) is 0 Å². The van der Waals surface area contributed by atoms with Crippen molar-refractivity contribution in [2.24, 2.45) is 4.99 Å². The molecule has 1 aliphatic rings. The summed E-state index contributed by atoms with van der Waals surface area (Å²) < 4.78 is 5.20. The summed E-state index contributed by atoms with van der Waals surface area (Å²) >= 11 is 0. The minimum absolute atomic E-state index is 0. The van der Waals surface area contributed by atoms with Gasteiger partial charge < -0.3 is 25.3 Å². The zero-order valence-corrected chi connectivity index (χ0v) is 20.8. The zero-order chi connectivity index (χ0) is 21.3. The van der Waals surface area contributed by atoms with Crippen LogP contribution in [0.15, 0.2) is 40.1 Å². The van der Waals surface area contributed by atoms with Gasteiger partial charge in [0, 0.05) is 51.0 Å². The number of aromatic nitrogens is 1. The van der Waals surface area contributed by atoms with Gasteiger partial charge in [0.1, 0.15) is 5.82 Å². The van der Waals surface area contributed by atoms with E-state index in [1.54, 1.807) is 13.1 Å². The SMILES string of the molecule is CN=C(NCCCNC(=O)c1occc1C)NC1CCN(c2ccc(C)cn2)CC1.I. The second-order valence-corrected chi connectivity index (χ2v) is 7.64. The monoisotopic (exact) mass is 540 g/mol. The summed E-state index contributed by atoms with van der Waals surface area (Å²) in [7, 11) is 1.78. The summed E-state index contributed by atoms with van der Waals surface area (Å²) in [6.07, 6.45) is 6.32. The number of amides is 1. The van der Waals surface area contributed by atoms with Crippen LogP contribution in [0.25, 0.3) is 0 Å². The number of aliphatic imine (C=N–C) groups is 1. The smallest absolute Gasteiger partial charge is 0.287 e. The number of hydrogen-bond acceptors (Lipinski definition) is 5. The van der Waals surface area contributed by atoms with Crippen LogP contribution in [0.4, 0.5) is 5.82 Å². The standard InChI is InChI=1S/C22H32N6O2.HI/c1-16-5-6-19(26-15-16)28-12-7-18(8-13-28)27-22(23-3)25-11-4-10-24-21(29)20-17(2)9-14-30-20;/h5-6,9,14-15,18H,4,7-8,10-13H2,1-3H3,(H,24,29)(H2,23,25,27);1H. The predicted molar refractivity (Wildman–Crippen MR) is 135 cm³/mol. The highest BCUT2D eigenvalue weighted by Gasteiger charge is 2.20. The van der Waals surface area contributed by atoms with Crippen molar-refractivity contribution in [1.82, 2.24) is 20.9 Å². The molecule has 0 unspecified atom stereocenters. The molecule has 0 aliphatic carbocycles. The summed E-state index contributed by atoms with van der Waals surface area (Å²) in [4.78, 5) is 23.2. The van der Waals surface area contributed by atoms with E-state index in [9.17, 15) is 4.79 Å². The van der Waals surface area contributed by atoms with Crippen LogP contribution in [0.3, 0.4) is 0 Å². The number of furan rings is 1. The third-order valence-electron chi connectivity index (χ3n) is 5.28. The van der Waals surface area contributed by atoms with Crippen molar-refractivity contribution in [1.29, 1.82) is 0 Å². The van der Waals surface area contributed by atoms with Crippen LogP contribution >= 0.6 is 24.0 Å². The first-order chi connectivity index (χ1) is 14.6.